The minimum Gasteiger partial charge on any atom is -0.494 e. The molecule has 0 saturated carbocycles. The van der Waals surface area contributed by atoms with Crippen molar-refractivity contribution >= 4 is 0 Å². The highest BCUT2D eigenvalue weighted by Crippen LogP contribution is 2.23. The molecule has 1 atom stereocenters. The van der Waals surface area contributed by atoms with Crippen LogP contribution in [0.3, 0.4) is 0 Å². The first-order valence-electron chi connectivity index (χ1n) is 9.74. The van der Waals surface area contributed by atoms with Crippen LogP contribution in [0.25, 0.3) is 11.1 Å². The maximum absolute atomic E-state index is 8.88. The van der Waals surface area contributed by atoms with Gasteiger partial charge in [-0.3, -0.25) is 0 Å². The van der Waals surface area contributed by atoms with Crippen molar-refractivity contribution < 1.29 is 4.74 Å². The monoisotopic (exact) mass is 363 g/mol. The predicted octanol–water partition coefficient (Wildman–Crippen LogP) is 3.88. The lowest BCUT2D eigenvalue weighted by Gasteiger charge is -2.18. The Morgan fingerprint density at radius 1 is 1.07 bits per heavy atom. The molecule has 2 aromatic rings. The van der Waals surface area contributed by atoms with Crippen molar-refractivity contribution in [3.05, 3.63) is 54.1 Å². The average molecular weight is 364 g/mol. The third-order valence-electron chi connectivity index (χ3n) is 5.08. The smallest absolute Gasteiger partial charge is 0.119 e. The second-order valence-electron chi connectivity index (χ2n) is 7.63. The summed E-state index contributed by atoms with van der Waals surface area (Å²) < 4.78 is 5.91. The van der Waals surface area contributed by atoms with Gasteiger partial charge in [-0.15, -0.1) is 0 Å². The number of rotatable bonds is 8. The van der Waals surface area contributed by atoms with Gasteiger partial charge in [0.05, 0.1) is 18.2 Å². The molecular weight excluding hydrogens is 334 g/mol. The van der Waals surface area contributed by atoms with Crippen molar-refractivity contribution in [2.24, 2.45) is 5.92 Å². The van der Waals surface area contributed by atoms with E-state index in [-0.39, 0.29) is 0 Å². The van der Waals surface area contributed by atoms with Gasteiger partial charge in [-0.25, -0.2) is 0 Å². The van der Waals surface area contributed by atoms with E-state index in [4.69, 9.17) is 10.00 Å². The molecule has 1 saturated heterocycles. The van der Waals surface area contributed by atoms with Crippen LogP contribution in [-0.2, 0) is 0 Å². The molecule has 4 heteroatoms. The summed E-state index contributed by atoms with van der Waals surface area (Å²) in [6.45, 7) is 5.51. The van der Waals surface area contributed by atoms with Crippen molar-refractivity contribution in [2.45, 2.75) is 12.8 Å². The molecule has 0 bridgehead atoms. The van der Waals surface area contributed by atoms with Crippen LogP contribution in [0.2, 0.25) is 0 Å². The Morgan fingerprint density at radius 3 is 2.37 bits per heavy atom. The third-order valence-corrected chi connectivity index (χ3v) is 5.08. The summed E-state index contributed by atoms with van der Waals surface area (Å²) >= 11 is 0. The highest BCUT2D eigenvalue weighted by molar-refractivity contribution is 5.64. The second kappa shape index (κ2) is 9.55. The fraction of sp³-hybridized carbons (Fsp3) is 0.435. The first-order valence-corrected chi connectivity index (χ1v) is 9.74. The molecule has 1 aliphatic rings. The van der Waals surface area contributed by atoms with Gasteiger partial charge in [0.2, 0.25) is 0 Å². The highest BCUT2D eigenvalue weighted by Gasteiger charge is 2.22. The van der Waals surface area contributed by atoms with Gasteiger partial charge in [-0.05, 0) is 74.8 Å². The Hall–Kier alpha value is -2.35. The zero-order valence-corrected chi connectivity index (χ0v) is 16.4. The maximum atomic E-state index is 8.88. The van der Waals surface area contributed by atoms with Gasteiger partial charge in [0.1, 0.15) is 5.75 Å². The van der Waals surface area contributed by atoms with E-state index in [9.17, 15) is 0 Å². The van der Waals surface area contributed by atoms with E-state index in [0.717, 1.165) is 42.4 Å². The number of nitriles is 1. The molecule has 0 amide bonds. The van der Waals surface area contributed by atoms with Crippen molar-refractivity contribution in [1.82, 2.24) is 9.80 Å². The van der Waals surface area contributed by atoms with E-state index in [2.05, 4.69) is 42.1 Å². The van der Waals surface area contributed by atoms with Gasteiger partial charge in [0, 0.05) is 19.6 Å². The van der Waals surface area contributed by atoms with Crippen LogP contribution in [0, 0.1) is 17.2 Å². The van der Waals surface area contributed by atoms with Crippen LogP contribution in [0.4, 0.5) is 0 Å². The Balaban J connectivity index is 1.40. The van der Waals surface area contributed by atoms with E-state index in [0.29, 0.717) is 5.56 Å². The molecule has 27 heavy (non-hydrogen) atoms. The van der Waals surface area contributed by atoms with Crippen LogP contribution in [0.1, 0.15) is 18.4 Å². The maximum Gasteiger partial charge on any atom is 0.119 e. The van der Waals surface area contributed by atoms with Crippen LogP contribution in [0.15, 0.2) is 48.5 Å². The van der Waals surface area contributed by atoms with Crippen molar-refractivity contribution in [1.29, 1.82) is 5.26 Å². The third kappa shape index (κ3) is 5.82. The van der Waals surface area contributed by atoms with Crippen molar-refractivity contribution in [3.8, 4) is 22.9 Å². The number of ether oxygens (including phenoxy) is 1. The number of hydrogen-bond donors (Lipinski definition) is 0. The lowest BCUT2D eigenvalue weighted by molar-refractivity contribution is 0.251. The number of hydrogen-bond acceptors (Lipinski definition) is 4. The molecule has 0 aliphatic carbocycles. The molecule has 2 aromatic carbocycles. The number of nitrogens with zero attached hydrogens (tertiary/aromatic N) is 3. The molecule has 1 aliphatic heterocycles. The Bertz CT molecular complexity index is 747. The molecule has 0 aromatic heterocycles. The SMILES string of the molecule is CN(C)C[C@H]1CCN(CCCOc2ccc(-c3ccc(C#N)cc3)cc2)C1. The van der Waals surface area contributed by atoms with E-state index in [1.54, 1.807) is 0 Å². The number of benzene rings is 2. The molecule has 0 spiro atoms. The molecular formula is C23H29N3O. The molecule has 1 heterocycles. The largest absolute Gasteiger partial charge is 0.494 e. The first kappa shape index (κ1) is 19.4. The van der Waals surface area contributed by atoms with Gasteiger partial charge in [0.15, 0.2) is 0 Å². The standard InChI is InChI=1S/C23H29N3O/c1-25(2)17-20-12-14-26(18-20)13-3-15-27-23-10-8-22(9-11-23)21-6-4-19(16-24)5-7-21/h4-11,20H,3,12-15,17-18H2,1-2H3/t20-/m1/s1. The van der Waals surface area contributed by atoms with Gasteiger partial charge in [0.25, 0.3) is 0 Å². The van der Waals surface area contributed by atoms with Crippen LogP contribution < -0.4 is 4.74 Å². The lowest BCUT2D eigenvalue weighted by Crippen LogP contribution is -2.27. The zero-order valence-electron chi connectivity index (χ0n) is 16.4. The average Bonchev–Trinajstić information content (AvgIpc) is 3.12. The fourth-order valence-electron chi connectivity index (χ4n) is 3.74. The quantitative estimate of drug-likeness (QED) is 0.667. The van der Waals surface area contributed by atoms with Gasteiger partial charge in [-0.1, -0.05) is 24.3 Å². The molecule has 1 fully saturated rings. The van der Waals surface area contributed by atoms with Gasteiger partial charge >= 0.3 is 0 Å². The lowest BCUT2D eigenvalue weighted by atomic mass is 10.0. The van der Waals surface area contributed by atoms with Gasteiger partial charge < -0.3 is 14.5 Å². The van der Waals surface area contributed by atoms with E-state index < -0.39 is 0 Å². The Labute approximate surface area is 163 Å². The topological polar surface area (TPSA) is 39.5 Å². The summed E-state index contributed by atoms with van der Waals surface area (Å²) in [4.78, 5) is 4.85. The summed E-state index contributed by atoms with van der Waals surface area (Å²) in [6.07, 6.45) is 2.38. The molecule has 0 unspecified atom stereocenters. The summed E-state index contributed by atoms with van der Waals surface area (Å²) in [7, 11) is 4.31. The highest BCUT2D eigenvalue weighted by atomic mass is 16.5. The van der Waals surface area contributed by atoms with Crippen LogP contribution >= 0.6 is 0 Å². The minimum atomic E-state index is 0.685. The van der Waals surface area contributed by atoms with Crippen molar-refractivity contribution in [3.63, 3.8) is 0 Å². The van der Waals surface area contributed by atoms with Crippen LogP contribution in [0.5, 0.6) is 5.75 Å². The molecule has 0 radical (unpaired) electrons. The molecule has 0 N–H and O–H groups in total. The van der Waals surface area contributed by atoms with E-state index in [1.807, 2.05) is 36.4 Å². The molecule has 142 valence electrons. The molecule has 3 rings (SSSR count). The minimum absolute atomic E-state index is 0.685. The summed E-state index contributed by atoms with van der Waals surface area (Å²) in [5.74, 6) is 1.73. The summed E-state index contributed by atoms with van der Waals surface area (Å²) in [6, 6.07) is 18.0. The molecule has 4 nitrogen and oxygen atoms in total. The number of likely N-dealkylation sites (tertiary alicyclic amines) is 1. The Kier molecular flexibility index (Phi) is 6.86. The van der Waals surface area contributed by atoms with E-state index >= 15 is 0 Å². The zero-order chi connectivity index (χ0) is 19.1. The van der Waals surface area contributed by atoms with Gasteiger partial charge in [-0.2, -0.15) is 5.26 Å². The first-order chi connectivity index (χ1) is 13.1. The van der Waals surface area contributed by atoms with Crippen molar-refractivity contribution in [2.75, 3.05) is 46.9 Å². The normalized spacial score (nSPS) is 17.2. The summed E-state index contributed by atoms with van der Waals surface area (Å²) in [5.41, 5.74) is 2.93. The fourth-order valence-corrected chi connectivity index (χ4v) is 3.74. The van der Waals surface area contributed by atoms with E-state index in [1.165, 1.54) is 26.1 Å². The predicted molar refractivity (Wildman–Crippen MR) is 110 cm³/mol. The summed E-state index contributed by atoms with van der Waals surface area (Å²) in [5, 5.41) is 8.88. The second-order valence-corrected chi connectivity index (χ2v) is 7.63. The van der Waals surface area contributed by atoms with Crippen LogP contribution in [-0.4, -0.2) is 56.7 Å². The Morgan fingerprint density at radius 2 is 1.74 bits per heavy atom.